The number of fused-ring (bicyclic) bond motifs is 2. The number of imidazole rings is 1. The van der Waals surface area contributed by atoms with Crippen LogP contribution in [0.1, 0.15) is 11.1 Å². The largest absolute Gasteiger partial charge is 0.483 e. The predicted molar refractivity (Wildman–Crippen MR) is 135 cm³/mol. The molecular formula is C27H24N4O3. The second kappa shape index (κ2) is 9.15. The lowest BCUT2D eigenvalue weighted by Crippen LogP contribution is -2.20. The van der Waals surface area contributed by atoms with Crippen LogP contribution in [0.2, 0.25) is 0 Å². The van der Waals surface area contributed by atoms with Crippen LogP contribution < -0.4 is 21.1 Å². The van der Waals surface area contributed by atoms with Gasteiger partial charge in [-0.3, -0.25) is 4.79 Å². The van der Waals surface area contributed by atoms with Gasteiger partial charge in [0.1, 0.15) is 5.75 Å². The highest BCUT2D eigenvalue weighted by molar-refractivity contribution is 5.92. The fourth-order valence-electron chi connectivity index (χ4n) is 3.94. The zero-order valence-electron chi connectivity index (χ0n) is 18.6. The summed E-state index contributed by atoms with van der Waals surface area (Å²) >= 11 is 0. The van der Waals surface area contributed by atoms with Gasteiger partial charge >= 0.3 is 5.69 Å². The third kappa shape index (κ3) is 4.63. The molecular weight excluding hydrogens is 428 g/mol. The number of aryl methyl sites for hydroxylation is 1. The SMILES string of the molecule is Cc1ccc(NC(=O)COc2ccc3ccccc3c2CNc2ccc3[nH]c(=O)[nH]c3c2)cc1. The maximum atomic E-state index is 12.5. The van der Waals surface area contributed by atoms with Gasteiger partial charge in [-0.05, 0) is 54.1 Å². The lowest BCUT2D eigenvalue weighted by atomic mass is 10.0. The van der Waals surface area contributed by atoms with E-state index in [0.717, 1.165) is 44.3 Å². The minimum atomic E-state index is -0.235. The van der Waals surface area contributed by atoms with Crippen LogP contribution in [0.5, 0.6) is 5.75 Å². The Labute approximate surface area is 195 Å². The average Bonchev–Trinajstić information content (AvgIpc) is 3.22. The van der Waals surface area contributed by atoms with Crippen LogP contribution >= 0.6 is 0 Å². The molecule has 0 bridgehead atoms. The van der Waals surface area contributed by atoms with Gasteiger partial charge in [0.2, 0.25) is 0 Å². The average molecular weight is 453 g/mol. The molecule has 7 nitrogen and oxygen atoms in total. The summed E-state index contributed by atoms with van der Waals surface area (Å²) in [6.07, 6.45) is 0. The van der Waals surface area contributed by atoms with Gasteiger partial charge in [-0.2, -0.15) is 0 Å². The molecule has 0 unspecified atom stereocenters. The maximum Gasteiger partial charge on any atom is 0.323 e. The van der Waals surface area contributed by atoms with Crippen LogP contribution in [0.25, 0.3) is 21.8 Å². The fourth-order valence-corrected chi connectivity index (χ4v) is 3.94. The van der Waals surface area contributed by atoms with Crippen molar-refractivity contribution in [1.29, 1.82) is 0 Å². The Morgan fingerprint density at radius 2 is 1.65 bits per heavy atom. The molecule has 4 N–H and O–H groups in total. The molecule has 0 aliphatic carbocycles. The van der Waals surface area contributed by atoms with E-state index < -0.39 is 0 Å². The van der Waals surface area contributed by atoms with Crippen molar-refractivity contribution < 1.29 is 9.53 Å². The molecule has 5 aromatic rings. The van der Waals surface area contributed by atoms with E-state index in [1.54, 1.807) is 0 Å². The zero-order valence-corrected chi connectivity index (χ0v) is 18.6. The predicted octanol–water partition coefficient (Wildman–Crippen LogP) is 4.95. The number of ether oxygens (including phenoxy) is 1. The molecule has 34 heavy (non-hydrogen) atoms. The number of aromatic amines is 2. The Morgan fingerprint density at radius 1 is 0.882 bits per heavy atom. The molecule has 4 aromatic carbocycles. The van der Waals surface area contributed by atoms with E-state index in [1.165, 1.54) is 0 Å². The van der Waals surface area contributed by atoms with Crippen LogP contribution in [0.3, 0.4) is 0 Å². The van der Waals surface area contributed by atoms with Gasteiger partial charge in [0.15, 0.2) is 6.61 Å². The Balaban J connectivity index is 1.35. The molecule has 1 heterocycles. The number of anilines is 2. The van der Waals surface area contributed by atoms with Crippen molar-refractivity contribution in [2.75, 3.05) is 17.2 Å². The van der Waals surface area contributed by atoms with Gasteiger partial charge < -0.3 is 25.3 Å². The number of benzene rings is 4. The monoisotopic (exact) mass is 452 g/mol. The highest BCUT2D eigenvalue weighted by Crippen LogP contribution is 2.29. The molecule has 0 spiro atoms. The van der Waals surface area contributed by atoms with E-state index in [9.17, 15) is 9.59 Å². The van der Waals surface area contributed by atoms with E-state index in [4.69, 9.17) is 4.74 Å². The number of rotatable bonds is 7. The normalized spacial score (nSPS) is 11.0. The van der Waals surface area contributed by atoms with Crippen LogP contribution in [0, 0.1) is 6.92 Å². The van der Waals surface area contributed by atoms with Crippen molar-refractivity contribution in [3.8, 4) is 5.75 Å². The Bertz CT molecular complexity index is 1530. The van der Waals surface area contributed by atoms with E-state index in [0.29, 0.717) is 12.3 Å². The third-order valence-corrected chi connectivity index (χ3v) is 5.68. The summed E-state index contributed by atoms with van der Waals surface area (Å²) in [6.45, 7) is 2.38. The van der Waals surface area contributed by atoms with E-state index in [-0.39, 0.29) is 18.2 Å². The highest BCUT2D eigenvalue weighted by atomic mass is 16.5. The molecule has 0 saturated heterocycles. The molecule has 1 amide bonds. The lowest BCUT2D eigenvalue weighted by Gasteiger charge is -2.16. The van der Waals surface area contributed by atoms with Gasteiger partial charge in [-0.25, -0.2) is 4.79 Å². The maximum absolute atomic E-state index is 12.5. The number of carbonyl (C=O) groups excluding carboxylic acids is 1. The number of carbonyl (C=O) groups is 1. The fraction of sp³-hybridized carbons (Fsp3) is 0.111. The number of H-pyrrole nitrogens is 2. The number of nitrogens with one attached hydrogen (secondary N) is 4. The van der Waals surface area contributed by atoms with Crippen molar-refractivity contribution in [2.45, 2.75) is 13.5 Å². The zero-order chi connectivity index (χ0) is 23.5. The van der Waals surface area contributed by atoms with Gasteiger partial charge in [-0.1, -0.05) is 48.0 Å². The highest BCUT2D eigenvalue weighted by Gasteiger charge is 2.12. The van der Waals surface area contributed by atoms with Gasteiger partial charge in [0.25, 0.3) is 5.91 Å². The molecule has 7 heteroatoms. The second-order valence-corrected chi connectivity index (χ2v) is 8.16. The van der Waals surface area contributed by atoms with Crippen molar-refractivity contribution >= 4 is 39.1 Å². The molecule has 0 aliphatic heterocycles. The van der Waals surface area contributed by atoms with Crippen molar-refractivity contribution in [1.82, 2.24) is 9.97 Å². The van der Waals surface area contributed by atoms with Crippen LogP contribution in [-0.4, -0.2) is 22.5 Å². The molecule has 0 fully saturated rings. The summed E-state index contributed by atoms with van der Waals surface area (Å²) in [5.41, 5.74) is 4.92. The molecule has 0 radical (unpaired) electrons. The first-order valence-corrected chi connectivity index (χ1v) is 11.0. The molecule has 1 aromatic heterocycles. The Kier molecular flexibility index (Phi) is 5.74. The number of aromatic nitrogens is 2. The Morgan fingerprint density at radius 3 is 2.50 bits per heavy atom. The van der Waals surface area contributed by atoms with Gasteiger partial charge in [-0.15, -0.1) is 0 Å². The summed E-state index contributed by atoms with van der Waals surface area (Å²) in [5, 5.41) is 8.40. The molecule has 0 aliphatic rings. The minimum absolute atomic E-state index is 0.101. The smallest absolute Gasteiger partial charge is 0.323 e. The summed E-state index contributed by atoms with van der Waals surface area (Å²) in [5.74, 6) is 0.416. The molecule has 0 atom stereocenters. The van der Waals surface area contributed by atoms with E-state index in [1.807, 2.05) is 85.8 Å². The van der Waals surface area contributed by atoms with Crippen molar-refractivity contribution in [3.05, 3.63) is 100 Å². The van der Waals surface area contributed by atoms with Crippen molar-refractivity contribution in [3.63, 3.8) is 0 Å². The number of hydrogen-bond donors (Lipinski definition) is 4. The van der Waals surface area contributed by atoms with Gasteiger partial charge in [0.05, 0.1) is 11.0 Å². The lowest BCUT2D eigenvalue weighted by molar-refractivity contribution is -0.118. The minimum Gasteiger partial charge on any atom is -0.483 e. The third-order valence-electron chi connectivity index (χ3n) is 5.68. The summed E-state index contributed by atoms with van der Waals surface area (Å²) in [7, 11) is 0. The Hall–Kier alpha value is -4.52. The van der Waals surface area contributed by atoms with E-state index >= 15 is 0 Å². The quantitative estimate of drug-likeness (QED) is 0.281. The molecule has 170 valence electrons. The molecule has 0 saturated carbocycles. The second-order valence-electron chi connectivity index (χ2n) is 8.16. The standard InChI is InChI=1S/C27H24N4O3/c1-17-6-9-19(10-7-17)29-26(32)16-34-25-13-8-18-4-2-3-5-21(18)22(25)15-28-20-11-12-23-24(14-20)31-27(33)30-23/h2-14,28H,15-16H2,1H3,(H,29,32)(H2,30,31,33). The van der Waals surface area contributed by atoms with Crippen LogP contribution in [0.4, 0.5) is 11.4 Å². The first-order valence-electron chi connectivity index (χ1n) is 11.0. The first kappa shape index (κ1) is 21.3. The van der Waals surface area contributed by atoms with Crippen LogP contribution in [0.15, 0.2) is 83.7 Å². The van der Waals surface area contributed by atoms with Crippen LogP contribution in [-0.2, 0) is 11.3 Å². The van der Waals surface area contributed by atoms with Crippen molar-refractivity contribution in [2.24, 2.45) is 0 Å². The first-order chi connectivity index (χ1) is 16.5. The van der Waals surface area contributed by atoms with Gasteiger partial charge in [0, 0.05) is 23.5 Å². The summed E-state index contributed by atoms with van der Waals surface area (Å²) in [4.78, 5) is 29.5. The topological polar surface area (TPSA) is 99.0 Å². The molecule has 5 rings (SSSR count). The summed E-state index contributed by atoms with van der Waals surface area (Å²) < 4.78 is 5.96. The summed E-state index contributed by atoms with van der Waals surface area (Å²) in [6, 6.07) is 25.2. The van der Waals surface area contributed by atoms with E-state index in [2.05, 4.69) is 20.6 Å². The number of amides is 1. The number of hydrogen-bond acceptors (Lipinski definition) is 4.